The SMILES string of the molecule is CCc1sc(NC(=O)/C(C#N)=C/c2ccccc2)nc1-c1ccc(Br)cc1. The lowest BCUT2D eigenvalue weighted by Gasteiger charge is -2.01. The number of rotatable bonds is 5. The van der Waals surface area contributed by atoms with Crippen LogP contribution in [0.3, 0.4) is 0 Å². The van der Waals surface area contributed by atoms with Gasteiger partial charge in [0.05, 0.1) is 5.69 Å². The molecule has 2 aromatic carbocycles. The van der Waals surface area contributed by atoms with Gasteiger partial charge in [0.1, 0.15) is 11.6 Å². The summed E-state index contributed by atoms with van der Waals surface area (Å²) >= 11 is 4.86. The highest BCUT2D eigenvalue weighted by atomic mass is 79.9. The van der Waals surface area contributed by atoms with Gasteiger partial charge in [0.25, 0.3) is 5.91 Å². The van der Waals surface area contributed by atoms with Gasteiger partial charge in [-0.3, -0.25) is 10.1 Å². The number of anilines is 1. The zero-order valence-corrected chi connectivity index (χ0v) is 17.0. The molecule has 1 N–H and O–H groups in total. The summed E-state index contributed by atoms with van der Waals surface area (Å²) in [6.45, 7) is 2.05. The van der Waals surface area contributed by atoms with E-state index in [-0.39, 0.29) is 5.57 Å². The molecule has 0 aliphatic carbocycles. The molecule has 3 rings (SSSR count). The summed E-state index contributed by atoms with van der Waals surface area (Å²) in [6.07, 6.45) is 2.38. The molecule has 0 aliphatic heterocycles. The molecule has 0 bridgehead atoms. The van der Waals surface area contributed by atoms with Crippen LogP contribution in [-0.4, -0.2) is 10.9 Å². The Morgan fingerprint density at radius 1 is 1.22 bits per heavy atom. The van der Waals surface area contributed by atoms with Crippen molar-refractivity contribution in [3.8, 4) is 17.3 Å². The van der Waals surface area contributed by atoms with Gasteiger partial charge in [0, 0.05) is 14.9 Å². The first-order valence-corrected chi connectivity index (χ1v) is 9.95. The number of carbonyl (C=O) groups is 1. The molecule has 6 heteroatoms. The molecule has 0 aliphatic rings. The topological polar surface area (TPSA) is 65.8 Å². The second-order valence-electron chi connectivity index (χ2n) is 5.69. The number of aryl methyl sites for hydroxylation is 1. The van der Waals surface area contributed by atoms with Gasteiger partial charge in [0.15, 0.2) is 5.13 Å². The van der Waals surface area contributed by atoms with Gasteiger partial charge < -0.3 is 0 Å². The van der Waals surface area contributed by atoms with Crippen molar-refractivity contribution in [3.63, 3.8) is 0 Å². The second kappa shape index (κ2) is 8.76. The fourth-order valence-electron chi connectivity index (χ4n) is 2.51. The van der Waals surface area contributed by atoms with Crippen LogP contribution in [0, 0.1) is 11.3 Å². The van der Waals surface area contributed by atoms with Crippen molar-refractivity contribution in [2.24, 2.45) is 0 Å². The Morgan fingerprint density at radius 3 is 2.56 bits per heavy atom. The predicted octanol–water partition coefficient (Wildman–Crippen LogP) is 5.68. The minimum Gasteiger partial charge on any atom is -0.297 e. The number of aromatic nitrogens is 1. The van der Waals surface area contributed by atoms with Gasteiger partial charge in [0.2, 0.25) is 0 Å². The van der Waals surface area contributed by atoms with Crippen molar-refractivity contribution < 1.29 is 4.79 Å². The summed E-state index contributed by atoms with van der Waals surface area (Å²) in [6, 6.07) is 19.1. The highest BCUT2D eigenvalue weighted by Crippen LogP contribution is 2.32. The summed E-state index contributed by atoms with van der Waals surface area (Å²) in [4.78, 5) is 18.2. The summed E-state index contributed by atoms with van der Waals surface area (Å²) in [7, 11) is 0. The van der Waals surface area contributed by atoms with E-state index < -0.39 is 5.91 Å². The van der Waals surface area contributed by atoms with Crippen LogP contribution in [0.1, 0.15) is 17.4 Å². The number of nitriles is 1. The summed E-state index contributed by atoms with van der Waals surface area (Å²) in [5.74, 6) is -0.458. The summed E-state index contributed by atoms with van der Waals surface area (Å²) < 4.78 is 0.998. The molecule has 0 saturated carbocycles. The van der Waals surface area contributed by atoms with Crippen LogP contribution in [0.25, 0.3) is 17.3 Å². The fraction of sp³-hybridized carbons (Fsp3) is 0.0952. The first-order chi connectivity index (χ1) is 13.1. The molecule has 0 spiro atoms. The zero-order valence-electron chi connectivity index (χ0n) is 14.6. The molecule has 1 amide bonds. The number of carbonyl (C=O) groups excluding carboxylic acids is 1. The molecule has 4 nitrogen and oxygen atoms in total. The summed E-state index contributed by atoms with van der Waals surface area (Å²) in [5.41, 5.74) is 2.69. The molecular weight excluding hydrogens is 422 g/mol. The van der Waals surface area contributed by atoms with Crippen molar-refractivity contribution in [2.45, 2.75) is 13.3 Å². The maximum Gasteiger partial charge on any atom is 0.268 e. The van der Waals surface area contributed by atoms with Gasteiger partial charge in [-0.25, -0.2) is 4.98 Å². The largest absolute Gasteiger partial charge is 0.297 e. The van der Waals surface area contributed by atoms with Crippen molar-refractivity contribution >= 4 is 44.4 Å². The van der Waals surface area contributed by atoms with Gasteiger partial charge >= 0.3 is 0 Å². The molecule has 1 heterocycles. The Morgan fingerprint density at radius 2 is 1.93 bits per heavy atom. The minimum atomic E-state index is -0.458. The standard InChI is InChI=1S/C21H16BrN3OS/c1-2-18-19(15-8-10-17(22)11-9-15)24-21(27-18)25-20(26)16(13-23)12-14-6-4-3-5-7-14/h3-12H,2H2,1H3,(H,24,25,26)/b16-12+. The number of nitrogens with zero attached hydrogens (tertiary/aromatic N) is 2. The number of nitrogens with one attached hydrogen (secondary N) is 1. The van der Waals surface area contributed by atoms with E-state index in [4.69, 9.17) is 0 Å². The molecule has 1 aromatic heterocycles. The van der Waals surface area contributed by atoms with Gasteiger partial charge in [-0.2, -0.15) is 5.26 Å². The van der Waals surface area contributed by atoms with Crippen LogP contribution in [0.2, 0.25) is 0 Å². The van der Waals surface area contributed by atoms with E-state index in [1.165, 1.54) is 11.3 Å². The first kappa shape index (κ1) is 19.0. The lowest BCUT2D eigenvalue weighted by Crippen LogP contribution is -2.13. The minimum absolute atomic E-state index is 0.0413. The summed E-state index contributed by atoms with van der Waals surface area (Å²) in [5, 5.41) is 12.6. The van der Waals surface area contributed by atoms with E-state index >= 15 is 0 Å². The third-order valence-corrected chi connectivity index (χ3v) is 5.48. The Bertz CT molecular complexity index is 1020. The smallest absolute Gasteiger partial charge is 0.268 e. The predicted molar refractivity (Wildman–Crippen MR) is 113 cm³/mol. The molecule has 0 atom stereocenters. The van der Waals surface area contributed by atoms with Crippen LogP contribution in [-0.2, 0) is 11.2 Å². The quantitative estimate of drug-likeness (QED) is 0.412. The zero-order chi connectivity index (χ0) is 19.2. The van der Waals surface area contributed by atoms with Crippen molar-refractivity contribution in [1.29, 1.82) is 5.26 Å². The van der Waals surface area contributed by atoms with Crippen molar-refractivity contribution in [2.75, 3.05) is 5.32 Å². The molecular formula is C21H16BrN3OS. The van der Waals surface area contributed by atoms with E-state index in [1.54, 1.807) is 6.08 Å². The van der Waals surface area contributed by atoms with E-state index in [0.717, 1.165) is 32.6 Å². The average molecular weight is 438 g/mol. The van der Waals surface area contributed by atoms with Gasteiger partial charge in [-0.1, -0.05) is 65.3 Å². The van der Waals surface area contributed by atoms with Crippen LogP contribution in [0.4, 0.5) is 5.13 Å². The van der Waals surface area contributed by atoms with Crippen LogP contribution in [0.15, 0.2) is 64.6 Å². The van der Waals surface area contributed by atoms with Crippen LogP contribution < -0.4 is 5.32 Å². The van der Waals surface area contributed by atoms with E-state index in [2.05, 4.69) is 33.2 Å². The molecule has 0 unspecified atom stereocenters. The van der Waals surface area contributed by atoms with Crippen molar-refractivity contribution in [1.82, 2.24) is 4.98 Å². The van der Waals surface area contributed by atoms with Crippen molar-refractivity contribution in [3.05, 3.63) is 75.1 Å². The molecule has 134 valence electrons. The normalized spacial score (nSPS) is 11.1. The highest BCUT2D eigenvalue weighted by Gasteiger charge is 2.16. The Kier molecular flexibility index (Phi) is 6.17. The molecule has 0 fully saturated rings. The van der Waals surface area contributed by atoms with Crippen LogP contribution >= 0.6 is 27.3 Å². The number of hydrogen-bond donors (Lipinski definition) is 1. The third-order valence-electron chi connectivity index (χ3n) is 3.83. The van der Waals surface area contributed by atoms with Crippen LogP contribution in [0.5, 0.6) is 0 Å². The number of hydrogen-bond acceptors (Lipinski definition) is 4. The number of amides is 1. The van der Waals surface area contributed by atoms with E-state index in [0.29, 0.717) is 5.13 Å². The van der Waals surface area contributed by atoms with Gasteiger partial charge in [-0.05, 0) is 30.2 Å². The number of halogens is 1. The Labute approximate surface area is 170 Å². The van der Waals surface area contributed by atoms with E-state index in [1.807, 2.05) is 60.7 Å². The van der Waals surface area contributed by atoms with E-state index in [9.17, 15) is 10.1 Å². The Hall–Kier alpha value is -2.75. The lowest BCUT2D eigenvalue weighted by atomic mass is 10.1. The third kappa shape index (κ3) is 4.70. The molecule has 27 heavy (non-hydrogen) atoms. The van der Waals surface area contributed by atoms with Gasteiger partial charge in [-0.15, -0.1) is 11.3 Å². The maximum atomic E-state index is 12.5. The number of thiazole rings is 1. The fourth-order valence-corrected chi connectivity index (χ4v) is 3.69. The molecule has 0 saturated heterocycles. The monoisotopic (exact) mass is 437 g/mol. The first-order valence-electron chi connectivity index (χ1n) is 8.34. The molecule has 0 radical (unpaired) electrons. The Balaban J connectivity index is 1.85. The second-order valence-corrected chi connectivity index (χ2v) is 7.69. The highest BCUT2D eigenvalue weighted by molar-refractivity contribution is 9.10. The lowest BCUT2D eigenvalue weighted by molar-refractivity contribution is -0.112. The number of benzene rings is 2. The average Bonchev–Trinajstić information content (AvgIpc) is 3.10. The maximum absolute atomic E-state index is 12.5. The molecule has 3 aromatic rings.